The average molecular weight is 459 g/mol. The number of hydrogen-bond donors (Lipinski definition) is 1. The molecule has 0 saturated carbocycles. The number of aromatic nitrogens is 1. The zero-order chi connectivity index (χ0) is 23.8. The van der Waals surface area contributed by atoms with Gasteiger partial charge in [-0.3, -0.25) is 4.98 Å². The fourth-order valence-corrected chi connectivity index (χ4v) is 5.06. The predicted octanol–water partition coefficient (Wildman–Crippen LogP) is 6.43. The van der Waals surface area contributed by atoms with Gasteiger partial charge in [0.25, 0.3) is 0 Å². The number of ether oxygens (including phenoxy) is 1. The summed E-state index contributed by atoms with van der Waals surface area (Å²) >= 11 is 0. The first-order valence-electron chi connectivity index (χ1n) is 12.0. The Labute approximate surface area is 205 Å². The number of fused-ring (bicyclic) bond motifs is 3. The van der Waals surface area contributed by atoms with Gasteiger partial charge >= 0.3 is 0 Å². The van der Waals surface area contributed by atoms with Crippen molar-refractivity contribution >= 4 is 22.3 Å². The van der Waals surface area contributed by atoms with E-state index in [1.54, 1.807) is 0 Å². The van der Waals surface area contributed by atoms with Gasteiger partial charge in [-0.15, -0.1) is 0 Å². The van der Waals surface area contributed by atoms with E-state index in [1.165, 1.54) is 28.1 Å². The van der Waals surface area contributed by atoms with Crippen molar-refractivity contribution in [2.75, 3.05) is 23.4 Å². The Hall–Kier alpha value is -4.30. The van der Waals surface area contributed by atoms with Crippen LogP contribution in [0.5, 0.6) is 5.75 Å². The highest BCUT2D eigenvalue weighted by atomic mass is 16.5. The number of anilines is 2. The largest absolute Gasteiger partial charge is 0.491 e. The molecule has 0 unspecified atom stereocenters. The Morgan fingerprint density at radius 2 is 1.89 bits per heavy atom. The first-order valence-corrected chi connectivity index (χ1v) is 12.0. The second-order valence-electron chi connectivity index (χ2n) is 9.19. The van der Waals surface area contributed by atoms with E-state index >= 15 is 0 Å². The number of allylic oxidation sites excluding steroid dienone is 2. The van der Waals surface area contributed by atoms with Gasteiger partial charge in [-0.2, -0.15) is 5.26 Å². The SMILES string of the molecule is CC1=CCCc2ccc(-c3ccc4c(c3)CN(c3ccnc5cc(C#N)ccc35)CCO4)cc2N1. The lowest BCUT2D eigenvalue weighted by atomic mass is 9.98. The van der Waals surface area contributed by atoms with Crippen molar-refractivity contribution in [2.24, 2.45) is 0 Å². The maximum Gasteiger partial charge on any atom is 0.124 e. The molecule has 0 amide bonds. The molecule has 35 heavy (non-hydrogen) atoms. The smallest absolute Gasteiger partial charge is 0.124 e. The third-order valence-corrected chi connectivity index (χ3v) is 6.87. The Bertz CT molecular complexity index is 1520. The van der Waals surface area contributed by atoms with E-state index in [9.17, 15) is 5.26 Å². The summed E-state index contributed by atoms with van der Waals surface area (Å²) < 4.78 is 6.14. The Morgan fingerprint density at radius 3 is 2.80 bits per heavy atom. The molecule has 0 bridgehead atoms. The molecule has 0 spiro atoms. The molecule has 2 aliphatic heterocycles. The minimum Gasteiger partial charge on any atom is -0.491 e. The summed E-state index contributed by atoms with van der Waals surface area (Å²) in [6.45, 7) is 4.26. The van der Waals surface area contributed by atoms with Gasteiger partial charge in [0, 0.05) is 40.8 Å². The molecule has 1 N–H and O–H groups in total. The van der Waals surface area contributed by atoms with Gasteiger partial charge in [-0.05, 0) is 78.9 Å². The number of benzene rings is 3. The molecule has 5 nitrogen and oxygen atoms in total. The zero-order valence-electron chi connectivity index (χ0n) is 19.7. The lowest BCUT2D eigenvalue weighted by Gasteiger charge is -2.24. The third kappa shape index (κ3) is 4.08. The van der Waals surface area contributed by atoms with Crippen LogP contribution in [0.15, 0.2) is 78.6 Å². The Morgan fingerprint density at radius 1 is 1.00 bits per heavy atom. The molecule has 0 saturated heterocycles. The fraction of sp³-hybridized carbons (Fsp3) is 0.200. The molecule has 5 heteroatoms. The lowest BCUT2D eigenvalue weighted by molar-refractivity contribution is 0.332. The van der Waals surface area contributed by atoms with E-state index < -0.39 is 0 Å². The minimum atomic E-state index is 0.612. The van der Waals surface area contributed by atoms with Crippen LogP contribution in [0.25, 0.3) is 22.0 Å². The molecule has 1 aromatic heterocycles. The maximum absolute atomic E-state index is 9.26. The van der Waals surface area contributed by atoms with Crippen LogP contribution < -0.4 is 15.0 Å². The van der Waals surface area contributed by atoms with Gasteiger partial charge in [0.15, 0.2) is 0 Å². The first kappa shape index (κ1) is 21.2. The van der Waals surface area contributed by atoms with Crippen molar-refractivity contribution in [3.63, 3.8) is 0 Å². The summed E-state index contributed by atoms with van der Waals surface area (Å²) in [5.41, 5.74) is 9.87. The molecule has 2 aliphatic rings. The van der Waals surface area contributed by atoms with Crippen molar-refractivity contribution in [1.82, 2.24) is 4.98 Å². The lowest BCUT2D eigenvalue weighted by Crippen LogP contribution is -2.25. The number of nitrogens with zero attached hydrogens (tertiary/aromatic N) is 3. The monoisotopic (exact) mass is 458 g/mol. The number of nitrogens with one attached hydrogen (secondary N) is 1. The number of rotatable bonds is 2. The van der Waals surface area contributed by atoms with Crippen molar-refractivity contribution < 1.29 is 4.74 Å². The van der Waals surface area contributed by atoms with Crippen molar-refractivity contribution in [1.29, 1.82) is 5.26 Å². The summed E-state index contributed by atoms with van der Waals surface area (Å²) in [5.74, 6) is 0.938. The molecule has 0 radical (unpaired) electrons. The highest BCUT2D eigenvalue weighted by molar-refractivity contribution is 5.92. The first-order chi connectivity index (χ1) is 17.2. The van der Waals surface area contributed by atoms with Crippen molar-refractivity contribution in [3.8, 4) is 22.9 Å². The van der Waals surface area contributed by atoms with Crippen LogP contribution in [0.1, 0.15) is 30.0 Å². The van der Waals surface area contributed by atoms with Gasteiger partial charge < -0.3 is 15.0 Å². The minimum absolute atomic E-state index is 0.612. The Kier molecular flexibility index (Phi) is 5.35. The highest BCUT2D eigenvalue weighted by Gasteiger charge is 2.19. The van der Waals surface area contributed by atoms with E-state index in [-0.39, 0.29) is 0 Å². The molecule has 6 rings (SSSR count). The standard InChI is InChI=1S/C30H26N4O/c1-20-3-2-4-22-6-7-24(17-27(22)33-20)23-8-10-30-25(16-23)19-34(13-14-35-30)29-11-12-32-28-15-21(18-31)5-9-26(28)29/h3,5-12,15-17,33H,2,4,13-14,19H2,1H3. The van der Waals surface area contributed by atoms with Crippen LogP contribution in [0.3, 0.4) is 0 Å². The van der Waals surface area contributed by atoms with Gasteiger partial charge in [0.1, 0.15) is 12.4 Å². The van der Waals surface area contributed by atoms with Crippen LogP contribution in [-0.2, 0) is 13.0 Å². The number of aryl methyl sites for hydroxylation is 1. The topological polar surface area (TPSA) is 61.2 Å². The second kappa shape index (κ2) is 8.81. The molecule has 0 fully saturated rings. The van der Waals surface area contributed by atoms with Crippen LogP contribution >= 0.6 is 0 Å². The molecule has 172 valence electrons. The van der Waals surface area contributed by atoms with E-state index in [0.717, 1.165) is 53.8 Å². The molecule has 3 heterocycles. The van der Waals surface area contributed by atoms with E-state index in [1.807, 2.05) is 24.4 Å². The quantitative estimate of drug-likeness (QED) is 0.375. The van der Waals surface area contributed by atoms with Crippen molar-refractivity contribution in [2.45, 2.75) is 26.3 Å². The second-order valence-corrected chi connectivity index (χ2v) is 9.19. The number of nitriles is 1. The molecule has 0 atom stereocenters. The average Bonchev–Trinajstić information content (AvgIpc) is 3.21. The summed E-state index contributed by atoms with van der Waals surface area (Å²) in [7, 11) is 0. The van der Waals surface area contributed by atoms with Gasteiger partial charge in [-0.25, -0.2) is 0 Å². The van der Waals surface area contributed by atoms with Crippen LogP contribution in [0.4, 0.5) is 11.4 Å². The normalized spacial score (nSPS) is 15.0. The van der Waals surface area contributed by atoms with Crippen molar-refractivity contribution in [3.05, 3.63) is 95.3 Å². The number of hydrogen-bond acceptors (Lipinski definition) is 5. The summed E-state index contributed by atoms with van der Waals surface area (Å²) in [6, 6.07) is 23.2. The fourth-order valence-electron chi connectivity index (χ4n) is 5.06. The molecular formula is C30H26N4O. The van der Waals surface area contributed by atoms with E-state index in [4.69, 9.17) is 4.74 Å². The molecule has 0 aliphatic carbocycles. The van der Waals surface area contributed by atoms with Gasteiger partial charge in [0.05, 0.1) is 23.7 Å². The Balaban J connectivity index is 1.35. The summed E-state index contributed by atoms with van der Waals surface area (Å²) in [6.07, 6.45) is 6.21. The molecular weight excluding hydrogens is 432 g/mol. The molecule has 3 aromatic carbocycles. The van der Waals surface area contributed by atoms with Crippen LogP contribution in [-0.4, -0.2) is 18.1 Å². The van der Waals surface area contributed by atoms with Gasteiger partial charge in [-0.1, -0.05) is 24.3 Å². The number of pyridine rings is 1. The van der Waals surface area contributed by atoms with Gasteiger partial charge in [0.2, 0.25) is 0 Å². The maximum atomic E-state index is 9.26. The molecule has 4 aromatic rings. The predicted molar refractivity (Wildman–Crippen MR) is 141 cm³/mol. The summed E-state index contributed by atoms with van der Waals surface area (Å²) in [4.78, 5) is 6.84. The van der Waals surface area contributed by atoms with E-state index in [2.05, 4.69) is 76.7 Å². The zero-order valence-corrected chi connectivity index (χ0v) is 19.7. The van der Waals surface area contributed by atoms with E-state index in [0.29, 0.717) is 12.2 Å². The highest BCUT2D eigenvalue weighted by Crippen LogP contribution is 2.35. The summed E-state index contributed by atoms with van der Waals surface area (Å²) in [5, 5.41) is 13.9. The van der Waals surface area contributed by atoms with Crippen LogP contribution in [0.2, 0.25) is 0 Å². The third-order valence-electron chi connectivity index (χ3n) is 6.87. The van der Waals surface area contributed by atoms with Crippen LogP contribution in [0, 0.1) is 11.3 Å².